The maximum Gasteiger partial charge on any atom is 0.338 e. The zero-order chi connectivity index (χ0) is 29.2. The molecule has 1 amide bonds. The van der Waals surface area contributed by atoms with Crippen molar-refractivity contribution in [2.24, 2.45) is 0 Å². The summed E-state index contributed by atoms with van der Waals surface area (Å²) >= 11 is 0. The molecular formula is C32H33NO7. The SMILES string of the molecule is CCOC(=O)c1cccc(N2C(=O)C(=O)/C(=C(\O)c3ccc(OCC)c(C(C)(C)C)c3)C2c2ccc(O)cc2)c1. The number of carbonyl (C=O) groups is 3. The molecule has 1 atom stereocenters. The van der Waals surface area contributed by atoms with Crippen molar-refractivity contribution in [3.63, 3.8) is 0 Å². The molecule has 8 heteroatoms. The van der Waals surface area contributed by atoms with Crippen molar-refractivity contribution in [1.29, 1.82) is 0 Å². The maximum atomic E-state index is 13.6. The van der Waals surface area contributed by atoms with Gasteiger partial charge in [0.15, 0.2) is 0 Å². The Hall–Kier alpha value is -4.59. The molecule has 1 heterocycles. The highest BCUT2D eigenvalue weighted by Crippen LogP contribution is 2.43. The van der Waals surface area contributed by atoms with Crippen LogP contribution in [0.4, 0.5) is 5.69 Å². The number of carbonyl (C=O) groups excluding carboxylic acids is 3. The minimum Gasteiger partial charge on any atom is -0.508 e. The van der Waals surface area contributed by atoms with E-state index in [1.54, 1.807) is 55.5 Å². The normalized spacial score (nSPS) is 16.7. The Morgan fingerprint density at radius 1 is 0.925 bits per heavy atom. The van der Waals surface area contributed by atoms with E-state index in [-0.39, 0.29) is 40.4 Å². The number of phenols is 1. The Labute approximate surface area is 233 Å². The summed E-state index contributed by atoms with van der Waals surface area (Å²) in [5, 5.41) is 21.5. The van der Waals surface area contributed by atoms with Gasteiger partial charge in [-0.05, 0) is 73.4 Å². The van der Waals surface area contributed by atoms with E-state index in [1.807, 2.05) is 27.7 Å². The third kappa shape index (κ3) is 5.43. The Bertz CT molecular complexity index is 1480. The molecule has 4 rings (SSSR count). The van der Waals surface area contributed by atoms with Crippen LogP contribution in [0.25, 0.3) is 5.76 Å². The molecule has 1 fully saturated rings. The van der Waals surface area contributed by atoms with Crippen molar-refractivity contribution >= 4 is 29.1 Å². The summed E-state index contributed by atoms with van der Waals surface area (Å²) in [7, 11) is 0. The van der Waals surface area contributed by atoms with Crippen molar-refractivity contribution < 1.29 is 34.1 Å². The summed E-state index contributed by atoms with van der Waals surface area (Å²) < 4.78 is 10.9. The number of hydrogen-bond acceptors (Lipinski definition) is 7. The number of esters is 1. The van der Waals surface area contributed by atoms with Gasteiger partial charge < -0.3 is 19.7 Å². The Morgan fingerprint density at radius 2 is 1.62 bits per heavy atom. The highest BCUT2D eigenvalue weighted by Gasteiger charge is 2.47. The number of amides is 1. The highest BCUT2D eigenvalue weighted by atomic mass is 16.5. The first kappa shape index (κ1) is 28.4. The third-order valence-corrected chi connectivity index (χ3v) is 6.65. The molecule has 1 saturated heterocycles. The quantitative estimate of drug-likeness (QED) is 0.165. The molecule has 0 saturated carbocycles. The van der Waals surface area contributed by atoms with Crippen LogP contribution in [0, 0.1) is 0 Å². The molecule has 8 nitrogen and oxygen atoms in total. The van der Waals surface area contributed by atoms with Crippen LogP contribution in [-0.4, -0.2) is 41.1 Å². The van der Waals surface area contributed by atoms with Crippen molar-refractivity contribution in [2.45, 2.75) is 46.1 Å². The molecule has 0 radical (unpaired) electrons. The summed E-state index contributed by atoms with van der Waals surface area (Å²) in [6.45, 7) is 10.3. The second-order valence-electron chi connectivity index (χ2n) is 10.4. The first-order chi connectivity index (χ1) is 19.0. The molecule has 0 aliphatic carbocycles. The summed E-state index contributed by atoms with van der Waals surface area (Å²) in [5.41, 5.74) is 1.73. The summed E-state index contributed by atoms with van der Waals surface area (Å²) in [6, 6.07) is 16.4. The van der Waals surface area contributed by atoms with E-state index in [4.69, 9.17) is 9.47 Å². The number of ketones is 1. The standard InChI is InChI=1S/C32H33NO7/c1-6-39-25-16-13-20(18-24(25)32(3,4)5)28(35)26-27(19-11-14-23(34)15-12-19)33(30(37)29(26)36)22-10-8-9-21(17-22)31(38)40-7-2/h8-18,27,34-35H,6-7H2,1-5H3/b28-26-. The van der Waals surface area contributed by atoms with Gasteiger partial charge in [-0.15, -0.1) is 0 Å². The van der Waals surface area contributed by atoms with E-state index in [2.05, 4.69) is 0 Å². The summed E-state index contributed by atoms with van der Waals surface area (Å²) in [5.74, 6) is -1.96. The summed E-state index contributed by atoms with van der Waals surface area (Å²) in [6.07, 6.45) is 0. The van der Waals surface area contributed by atoms with Gasteiger partial charge >= 0.3 is 5.97 Å². The Morgan fingerprint density at radius 3 is 2.25 bits per heavy atom. The van der Waals surface area contributed by atoms with Gasteiger partial charge in [0.25, 0.3) is 11.7 Å². The lowest BCUT2D eigenvalue weighted by atomic mass is 9.84. The number of ether oxygens (including phenoxy) is 2. The number of aliphatic hydroxyl groups is 1. The fourth-order valence-corrected chi connectivity index (χ4v) is 4.77. The van der Waals surface area contributed by atoms with Crippen LogP contribution in [0.5, 0.6) is 11.5 Å². The number of phenolic OH excluding ortho intramolecular Hbond substituents is 1. The number of hydrogen-bond donors (Lipinski definition) is 2. The van der Waals surface area contributed by atoms with Crippen molar-refractivity contribution in [1.82, 2.24) is 0 Å². The zero-order valence-electron chi connectivity index (χ0n) is 23.2. The van der Waals surface area contributed by atoms with Gasteiger partial charge in [0, 0.05) is 16.8 Å². The minimum absolute atomic E-state index is 0.00587. The zero-order valence-corrected chi connectivity index (χ0v) is 23.2. The number of anilines is 1. The predicted molar refractivity (Wildman–Crippen MR) is 152 cm³/mol. The number of Topliss-reactive ketones (excluding diaryl/α,β-unsaturated/α-hetero) is 1. The van der Waals surface area contributed by atoms with E-state index >= 15 is 0 Å². The molecule has 0 spiro atoms. The number of aromatic hydroxyl groups is 1. The molecular weight excluding hydrogens is 510 g/mol. The van der Waals surface area contributed by atoms with Gasteiger partial charge in [0.2, 0.25) is 0 Å². The minimum atomic E-state index is -1.03. The second-order valence-corrected chi connectivity index (χ2v) is 10.4. The van der Waals surface area contributed by atoms with Gasteiger partial charge in [0.05, 0.1) is 30.4 Å². The number of rotatable bonds is 7. The van der Waals surface area contributed by atoms with Crippen LogP contribution in [0.1, 0.15) is 67.7 Å². The van der Waals surface area contributed by atoms with Gasteiger partial charge in [-0.3, -0.25) is 14.5 Å². The summed E-state index contributed by atoms with van der Waals surface area (Å²) in [4.78, 5) is 40.7. The van der Waals surface area contributed by atoms with Crippen LogP contribution in [0.2, 0.25) is 0 Å². The molecule has 3 aromatic carbocycles. The van der Waals surface area contributed by atoms with Crippen LogP contribution in [-0.2, 0) is 19.7 Å². The number of benzene rings is 3. The molecule has 0 aromatic heterocycles. The molecule has 40 heavy (non-hydrogen) atoms. The third-order valence-electron chi connectivity index (χ3n) is 6.65. The van der Waals surface area contributed by atoms with E-state index in [0.717, 1.165) is 5.56 Å². The van der Waals surface area contributed by atoms with Gasteiger partial charge in [-0.2, -0.15) is 0 Å². The first-order valence-corrected chi connectivity index (χ1v) is 13.1. The molecule has 2 N–H and O–H groups in total. The van der Waals surface area contributed by atoms with E-state index in [9.17, 15) is 24.6 Å². The van der Waals surface area contributed by atoms with Crippen LogP contribution >= 0.6 is 0 Å². The maximum absolute atomic E-state index is 13.6. The molecule has 208 valence electrons. The van der Waals surface area contributed by atoms with Gasteiger partial charge in [-0.1, -0.05) is 39.0 Å². The lowest BCUT2D eigenvalue weighted by Gasteiger charge is -2.26. The van der Waals surface area contributed by atoms with E-state index in [1.165, 1.54) is 23.1 Å². The number of nitrogens with zero attached hydrogens (tertiary/aromatic N) is 1. The average molecular weight is 544 g/mol. The first-order valence-electron chi connectivity index (χ1n) is 13.1. The van der Waals surface area contributed by atoms with Crippen LogP contribution in [0.15, 0.2) is 72.3 Å². The Kier molecular flexibility index (Phi) is 8.00. The van der Waals surface area contributed by atoms with Crippen molar-refractivity contribution in [3.05, 3.63) is 94.6 Å². The number of aliphatic hydroxyl groups excluding tert-OH is 1. The van der Waals surface area contributed by atoms with Gasteiger partial charge in [0.1, 0.15) is 17.3 Å². The van der Waals surface area contributed by atoms with Crippen LogP contribution in [0.3, 0.4) is 0 Å². The fraction of sp³-hybridized carbons (Fsp3) is 0.281. The lowest BCUT2D eigenvalue weighted by Crippen LogP contribution is -2.29. The monoisotopic (exact) mass is 543 g/mol. The average Bonchev–Trinajstić information content (AvgIpc) is 3.18. The van der Waals surface area contributed by atoms with Crippen molar-refractivity contribution in [2.75, 3.05) is 18.1 Å². The van der Waals surface area contributed by atoms with Gasteiger partial charge in [-0.25, -0.2) is 4.79 Å². The molecule has 1 unspecified atom stereocenters. The molecule has 3 aromatic rings. The van der Waals surface area contributed by atoms with E-state index < -0.39 is 23.7 Å². The predicted octanol–water partition coefficient (Wildman–Crippen LogP) is 5.89. The topological polar surface area (TPSA) is 113 Å². The lowest BCUT2D eigenvalue weighted by molar-refractivity contribution is -0.132. The molecule has 1 aliphatic rings. The van der Waals surface area contributed by atoms with E-state index in [0.29, 0.717) is 23.5 Å². The molecule has 1 aliphatic heterocycles. The largest absolute Gasteiger partial charge is 0.508 e. The molecule has 0 bridgehead atoms. The van der Waals surface area contributed by atoms with Crippen LogP contribution < -0.4 is 9.64 Å². The Balaban J connectivity index is 1.93. The smallest absolute Gasteiger partial charge is 0.338 e. The van der Waals surface area contributed by atoms with Crippen molar-refractivity contribution in [3.8, 4) is 11.5 Å². The fourth-order valence-electron chi connectivity index (χ4n) is 4.77. The second kappa shape index (κ2) is 11.3. The highest BCUT2D eigenvalue weighted by molar-refractivity contribution is 6.51.